The molecule has 0 aliphatic carbocycles. The van der Waals surface area contributed by atoms with E-state index in [1.807, 2.05) is 26.1 Å². The van der Waals surface area contributed by atoms with Crippen LogP contribution in [0.3, 0.4) is 0 Å². The van der Waals surface area contributed by atoms with Crippen molar-refractivity contribution < 1.29 is 4.79 Å². The number of alkyl halides is 1. The maximum Gasteiger partial charge on any atom is 0.255 e. The van der Waals surface area contributed by atoms with Gasteiger partial charge in [-0.05, 0) is 31.4 Å². The van der Waals surface area contributed by atoms with E-state index < -0.39 is 0 Å². The van der Waals surface area contributed by atoms with Crippen LogP contribution < -0.4 is 0 Å². The molecular formula is C14H19Cl2NO. The molecule has 0 radical (unpaired) electrons. The molecule has 0 saturated carbocycles. The van der Waals surface area contributed by atoms with Crippen LogP contribution >= 0.6 is 23.2 Å². The highest BCUT2D eigenvalue weighted by Gasteiger charge is 2.15. The molecule has 0 N–H and O–H groups in total. The second kappa shape index (κ2) is 7.65. The van der Waals surface area contributed by atoms with Gasteiger partial charge in [0.2, 0.25) is 0 Å². The lowest BCUT2D eigenvalue weighted by molar-refractivity contribution is 0.0793. The molecule has 18 heavy (non-hydrogen) atoms. The summed E-state index contributed by atoms with van der Waals surface area (Å²) < 4.78 is 0. The van der Waals surface area contributed by atoms with Gasteiger partial charge in [-0.2, -0.15) is 0 Å². The zero-order valence-corrected chi connectivity index (χ0v) is 12.4. The summed E-state index contributed by atoms with van der Waals surface area (Å²) in [6.45, 7) is 2.64. The molecule has 100 valence electrons. The summed E-state index contributed by atoms with van der Waals surface area (Å²) in [5.41, 5.74) is 1.51. The van der Waals surface area contributed by atoms with Gasteiger partial charge in [-0.1, -0.05) is 30.2 Å². The first-order valence-electron chi connectivity index (χ1n) is 6.14. The number of halogens is 2. The zero-order valence-electron chi connectivity index (χ0n) is 10.9. The third-order valence-electron chi connectivity index (χ3n) is 2.90. The number of rotatable bonds is 6. The van der Waals surface area contributed by atoms with Crippen molar-refractivity contribution in [2.75, 3.05) is 19.5 Å². The normalized spacial score (nSPS) is 10.4. The number of hydrogen-bond donors (Lipinski definition) is 0. The van der Waals surface area contributed by atoms with Crippen molar-refractivity contribution in [3.8, 4) is 0 Å². The Bertz CT molecular complexity index is 407. The van der Waals surface area contributed by atoms with E-state index in [1.54, 1.807) is 11.0 Å². The van der Waals surface area contributed by atoms with Crippen LogP contribution in [-0.4, -0.2) is 30.3 Å². The summed E-state index contributed by atoms with van der Waals surface area (Å²) in [4.78, 5) is 13.9. The van der Waals surface area contributed by atoms with Crippen LogP contribution in [0, 0.1) is 6.92 Å². The highest BCUT2D eigenvalue weighted by Crippen LogP contribution is 2.21. The molecule has 1 aromatic rings. The van der Waals surface area contributed by atoms with Gasteiger partial charge in [0.05, 0.1) is 10.6 Å². The lowest BCUT2D eigenvalue weighted by Gasteiger charge is -2.18. The third-order valence-corrected chi connectivity index (χ3v) is 3.67. The van der Waals surface area contributed by atoms with Gasteiger partial charge in [0, 0.05) is 19.5 Å². The van der Waals surface area contributed by atoms with E-state index in [2.05, 4.69) is 0 Å². The van der Waals surface area contributed by atoms with Gasteiger partial charge in [-0.3, -0.25) is 4.79 Å². The van der Waals surface area contributed by atoms with Gasteiger partial charge in [0.15, 0.2) is 0 Å². The van der Waals surface area contributed by atoms with Crippen LogP contribution in [0.5, 0.6) is 0 Å². The third kappa shape index (κ3) is 4.18. The van der Waals surface area contributed by atoms with Crippen LogP contribution in [-0.2, 0) is 0 Å². The molecule has 0 aliphatic heterocycles. The van der Waals surface area contributed by atoms with E-state index >= 15 is 0 Å². The molecule has 0 bridgehead atoms. The smallest absolute Gasteiger partial charge is 0.255 e. The Morgan fingerprint density at radius 1 is 1.28 bits per heavy atom. The fraction of sp³-hybridized carbons (Fsp3) is 0.500. The maximum absolute atomic E-state index is 12.2. The number of nitrogens with zero attached hydrogens (tertiary/aromatic N) is 1. The van der Waals surface area contributed by atoms with Crippen molar-refractivity contribution in [2.45, 2.75) is 26.2 Å². The highest BCUT2D eigenvalue weighted by atomic mass is 35.5. The van der Waals surface area contributed by atoms with Gasteiger partial charge < -0.3 is 4.90 Å². The zero-order chi connectivity index (χ0) is 13.5. The first-order valence-corrected chi connectivity index (χ1v) is 7.05. The van der Waals surface area contributed by atoms with Crippen LogP contribution in [0.2, 0.25) is 5.02 Å². The second-order valence-corrected chi connectivity index (χ2v) is 5.17. The molecule has 2 nitrogen and oxygen atoms in total. The van der Waals surface area contributed by atoms with Crippen LogP contribution in [0.1, 0.15) is 35.2 Å². The Morgan fingerprint density at radius 3 is 2.67 bits per heavy atom. The van der Waals surface area contributed by atoms with E-state index in [0.717, 1.165) is 31.4 Å². The van der Waals surface area contributed by atoms with Crippen molar-refractivity contribution in [3.05, 3.63) is 34.3 Å². The molecule has 0 heterocycles. The molecule has 1 rings (SSSR count). The lowest BCUT2D eigenvalue weighted by Crippen LogP contribution is -2.28. The van der Waals surface area contributed by atoms with Crippen LogP contribution in [0.4, 0.5) is 0 Å². The van der Waals surface area contributed by atoms with Crippen LogP contribution in [0.15, 0.2) is 18.2 Å². The molecule has 0 aliphatic rings. The summed E-state index contributed by atoms with van der Waals surface area (Å²) in [5, 5.41) is 0.551. The van der Waals surface area contributed by atoms with Gasteiger partial charge >= 0.3 is 0 Å². The quantitative estimate of drug-likeness (QED) is 0.569. The Kier molecular flexibility index (Phi) is 6.51. The minimum absolute atomic E-state index is 0.0189. The second-order valence-electron chi connectivity index (χ2n) is 4.41. The highest BCUT2D eigenvalue weighted by molar-refractivity contribution is 6.34. The number of hydrogen-bond acceptors (Lipinski definition) is 1. The molecule has 0 aromatic heterocycles. The Morgan fingerprint density at radius 2 is 2.00 bits per heavy atom. The molecule has 4 heteroatoms. The predicted molar refractivity (Wildman–Crippen MR) is 77.7 cm³/mol. The number of carbonyl (C=O) groups excluding carboxylic acids is 1. The fourth-order valence-electron chi connectivity index (χ4n) is 1.74. The molecule has 0 unspecified atom stereocenters. The molecule has 0 fully saturated rings. The number of unbranched alkanes of at least 4 members (excludes halogenated alkanes) is 2. The fourth-order valence-corrected chi connectivity index (χ4v) is 2.14. The molecule has 0 saturated heterocycles. The molecule has 1 amide bonds. The summed E-state index contributed by atoms with van der Waals surface area (Å²) in [6.07, 6.45) is 3.01. The van der Waals surface area contributed by atoms with E-state index in [-0.39, 0.29) is 5.91 Å². The summed E-state index contributed by atoms with van der Waals surface area (Å²) in [7, 11) is 1.81. The van der Waals surface area contributed by atoms with E-state index in [1.165, 1.54) is 0 Å². The summed E-state index contributed by atoms with van der Waals surface area (Å²) in [6, 6.07) is 5.53. The van der Waals surface area contributed by atoms with Gasteiger partial charge in [-0.15, -0.1) is 11.6 Å². The maximum atomic E-state index is 12.2. The number of benzene rings is 1. The van der Waals surface area contributed by atoms with Crippen molar-refractivity contribution in [1.29, 1.82) is 0 Å². The predicted octanol–water partition coefficient (Wildman–Crippen LogP) is 4.13. The van der Waals surface area contributed by atoms with Crippen molar-refractivity contribution in [2.24, 2.45) is 0 Å². The number of carbonyl (C=O) groups is 1. The van der Waals surface area contributed by atoms with E-state index in [0.29, 0.717) is 16.5 Å². The first-order chi connectivity index (χ1) is 8.57. The molecule has 1 aromatic carbocycles. The average molecular weight is 288 g/mol. The Labute approximate surface area is 119 Å². The van der Waals surface area contributed by atoms with E-state index in [9.17, 15) is 4.79 Å². The monoisotopic (exact) mass is 287 g/mol. The van der Waals surface area contributed by atoms with Gasteiger partial charge in [0.1, 0.15) is 0 Å². The Balaban J connectivity index is 2.60. The summed E-state index contributed by atoms with van der Waals surface area (Å²) >= 11 is 11.8. The molecule has 0 atom stereocenters. The lowest BCUT2D eigenvalue weighted by atomic mass is 10.1. The topological polar surface area (TPSA) is 20.3 Å². The average Bonchev–Trinajstić information content (AvgIpc) is 2.37. The Hall–Kier alpha value is -0.730. The number of amides is 1. The van der Waals surface area contributed by atoms with Gasteiger partial charge in [-0.25, -0.2) is 0 Å². The summed E-state index contributed by atoms with van der Waals surface area (Å²) in [5.74, 6) is 0.663. The SMILES string of the molecule is Cc1cccc(C(=O)N(C)CCCCCCl)c1Cl. The largest absolute Gasteiger partial charge is 0.342 e. The first kappa shape index (κ1) is 15.3. The van der Waals surface area contributed by atoms with Crippen molar-refractivity contribution in [3.63, 3.8) is 0 Å². The minimum atomic E-state index is -0.0189. The minimum Gasteiger partial charge on any atom is -0.342 e. The van der Waals surface area contributed by atoms with Gasteiger partial charge in [0.25, 0.3) is 5.91 Å². The van der Waals surface area contributed by atoms with Crippen LogP contribution in [0.25, 0.3) is 0 Å². The van der Waals surface area contributed by atoms with Crippen molar-refractivity contribution >= 4 is 29.1 Å². The van der Waals surface area contributed by atoms with E-state index in [4.69, 9.17) is 23.2 Å². The molecular weight excluding hydrogens is 269 g/mol. The standard InChI is InChI=1S/C14H19Cl2NO/c1-11-7-6-8-12(13(11)16)14(18)17(2)10-5-3-4-9-15/h6-8H,3-5,9-10H2,1-2H3. The number of aryl methyl sites for hydroxylation is 1. The molecule has 0 spiro atoms. The van der Waals surface area contributed by atoms with Crippen molar-refractivity contribution in [1.82, 2.24) is 4.90 Å².